The van der Waals surface area contributed by atoms with Crippen LogP contribution in [0.5, 0.6) is 0 Å². The van der Waals surface area contributed by atoms with Crippen molar-refractivity contribution in [3.05, 3.63) is 22.4 Å². The molecule has 0 atom stereocenters. The van der Waals surface area contributed by atoms with E-state index in [0.29, 0.717) is 0 Å². The van der Waals surface area contributed by atoms with Gasteiger partial charge in [0, 0.05) is 16.7 Å². The Kier molecular flexibility index (Phi) is 5.87. The zero-order valence-corrected chi connectivity index (χ0v) is 12.6. The molecule has 112 valence electrons. The number of primary amides is 1. The van der Waals surface area contributed by atoms with E-state index >= 15 is 0 Å². The SMILES string of the molecule is NC(=O)COCCNS(=O)(=O)c1cc(N)c(Br)cc1F. The summed E-state index contributed by atoms with van der Waals surface area (Å²) in [5, 5.41) is 0. The average Bonchev–Trinajstić information content (AvgIpc) is 2.32. The first-order valence-electron chi connectivity index (χ1n) is 5.34. The van der Waals surface area contributed by atoms with Crippen molar-refractivity contribution in [2.75, 3.05) is 25.5 Å². The maximum absolute atomic E-state index is 13.6. The number of hydrogen-bond donors (Lipinski definition) is 3. The average molecular weight is 370 g/mol. The van der Waals surface area contributed by atoms with Crippen molar-refractivity contribution >= 4 is 37.5 Å². The van der Waals surface area contributed by atoms with E-state index < -0.39 is 26.6 Å². The van der Waals surface area contributed by atoms with Gasteiger partial charge in [0.25, 0.3) is 0 Å². The molecule has 1 aromatic carbocycles. The van der Waals surface area contributed by atoms with Gasteiger partial charge in [-0.2, -0.15) is 0 Å². The maximum Gasteiger partial charge on any atom is 0.243 e. The topological polar surface area (TPSA) is 125 Å². The summed E-state index contributed by atoms with van der Waals surface area (Å²) in [6.45, 7) is -0.526. The quantitative estimate of drug-likeness (QED) is 0.459. The summed E-state index contributed by atoms with van der Waals surface area (Å²) in [5.74, 6) is -1.60. The largest absolute Gasteiger partial charge is 0.398 e. The third-order valence-electron chi connectivity index (χ3n) is 2.12. The van der Waals surface area contributed by atoms with Crippen LogP contribution < -0.4 is 16.2 Å². The molecule has 10 heteroatoms. The van der Waals surface area contributed by atoms with Crippen molar-refractivity contribution in [3.63, 3.8) is 0 Å². The number of carbonyl (C=O) groups excluding carboxylic acids is 1. The molecule has 0 saturated heterocycles. The molecule has 0 saturated carbocycles. The molecule has 5 N–H and O–H groups in total. The van der Waals surface area contributed by atoms with Crippen molar-refractivity contribution in [1.29, 1.82) is 0 Å². The molecule has 0 unspecified atom stereocenters. The first-order chi connectivity index (χ1) is 9.24. The standard InChI is InChI=1S/C10H13BrFN3O4S/c11-6-3-7(12)9(4-8(6)13)20(17,18)15-1-2-19-5-10(14)16/h3-4,15H,1-2,5,13H2,(H2,14,16). The van der Waals surface area contributed by atoms with Gasteiger partial charge in [-0.05, 0) is 28.1 Å². The van der Waals surface area contributed by atoms with E-state index in [0.717, 1.165) is 12.1 Å². The Balaban J connectivity index is 2.70. The van der Waals surface area contributed by atoms with Crippen LogP contribution in [0.3, 0.4) is 0 Å². The minimum Gasteiger partial charge on any atom is -0.398 e. The lowest BCUT2D eigenvalue weighted by Gasteiger charge is -2.09. The monoisotopic (exact) mass is 369 g/mol. The Labute approximate surface area is 123 Å². The van der Waals surface area contributed by atoms with E-state index in [9.17, 15) is 17.6 Å². The molecule has 0 aliphatic rings. The van der Waals surface area contributed by atoms with E-state index in [2.05, 4.69) is 20.7 Å². The van der Waals surface area contributed by atoms with Crippen molar-refractivity contribution in [3.8, 4) is 0 Å². The van der Waals surface area contributed by atoms with Crippen LogP contribution in [0.2, 0.25) is 0 Å². The van der Waals surface area contributed by atoms with E-state index in [1.807, 2.05) is 0 Å². The second-order valence-electron chi connectivity index (χ2n) is 3.72. The highest BCUT2D eigenvalue weighted by Crippen LogP contribution is 2.25. The van der Waals surface area contributed by atoms with Gasteiger partial charge in [0.15, 0.2) is 0 Å². The number of nitrogens with two attached hydrogens (primary N) is 2. The fraction of sp³-hybridized carbons (Fsp3) is 0.300. The van der Waals surface area contributed by atoms with Gasteiger partial charge in [0.1, 0.15) is 17.3 Å². The predicted octanol–water partition coefficient (Wildman–Crippen LogP) is -0.0494. The molecule has 0 aromatic heterocycles. The van der Waals surface area contributed by atoms with Crippen molar-refractivity contribution < 1.29 is 22.3 Å². The number of rotatable bonds is 7. The Bertz CT molecular complexity index is 609. The predicted molar refractivity (Wildman–Crippen MR) is 73.7 cm³/mol. The number of halogens is 2. The smallest absolute Gasteiger partial charge is 0.243 e. The number of nitrogens with one attached hydrogen (secondary N) is 1. The molecule has 0 heterocycles. The number of hydrogen-bond acceptors (Lipinski definition) is 5. The molecule has 20 heavy (non-hydrogen) atoms. The Morgan fingerprint density at radius 3 is 2.70 bits per heavy atom. The highest BCUT2D eigenvalue weighted by molar-refractivity contribution is 9.10. The van der Waals surface area contributed by atoms with Crippen LogP contribution in [0.4, 0.5) is 10.1 Å². The minimum absolute atomic E-state index is 0.0736. The van der Waals surface area contributed by atoms with Crippen LogP contribution in [-0.4, -0.2) is 34.1 Å². The second-order valence-corrected chi connectivity index (χ2v) is 6.31. The Morgan fingerprint density at radius 2 is 2.10 bits per heavy atom. The van der Waals surface area contributed by atoms with Crippen molar-refractivity contribution in [2.45, 2.75) is 4.90 Å². The van der Waals surface area contributed by atoms with E-state index in [4.69, 9.17) is 16.2 Å². The molecular formula is C10H13BrFN3O4S. The lowest BCUT2D eigenvalue weighted by atomic mass is 10.3. The first-order valence-corrected chi connectivity index (χ1v) is 7.62. The van der Waals surface area contributed by atoms with Crippen LogP contribution in [-0.2, 0) is 19.6 Å². The summed E-state index contributed by atoms with van der Waals surface area (Å²) in [6, 6.07) is 1.97. The van der Waals surface area contributed by atoms with Crippen LogP contribution >= 0.6 is 15.9 Å². The molecule has 1 aromatic rings. The molecule has 1 amide bonds. The van der Waals surface area contributed by atoms with Gasteiger partial charge in [0.2, 0.25) is 15.9 Å². The molecule has 0 aliphatic heterocycles. The summed E-state index contributed by atoms with van der Waals surface area (Å²) in [6.07, 6.45) is 0. The van der Waals surface area contributed by atoms with Gasteiger partial charge >= 0.3 is 0 Å². The third-order valence-corrected chi connectivity index (χ3v) is 4.29. The van der Waals surface area contributed by atoms with Gasteiger partial charge in [0.05, 0.1) is 6.61 Å². The van der Waals surface area contributed by atoms with Crippen molar-refractivity contribution in [1.82, 2.24) is 4.72 Å². The third kappa shape index (κ3) is 4.71. The summed E-state index contributed by atoms with van der Waals surface area (Å²) < 4.78 is 44.5. The molecule has 0 aliphatic carbocycles. The number of anilines is 1. The molecular weight excluding hydrogens is 357 g/mol. The molecule has 1 rings (SSSR count). The summed E-state index contributed by atoms with van der Waals surface area (Å²) in [5.41, 5.74) is 10.4. The fourth-order valence-electron chi connectivity index (χ4n) is 1.25. The highest BCUT2D eigenvalue weighted by atomic mass is 79.9. The van der Waals surface area contributed by atoms with Gasteiger partial charge in [-0.15, -0.1) is 0 Å². The molecule has 7 nitrogen and oxygen atoms in total. The van der Waals surface area contributed by atoms with Crippen LogP contribution in [0, 0.1) is 5.82 Å². The molecule has 0 fully saturated rings. The van der Waals surface area contributed by atoms with Crippen LogP contribution in [0.1, 0.15) is 0 Å². The first kappa shape index (κ1) is 16.8. The van der Waals surface area contributed by atoms with Gasteiger partial charge in [-0.25, -0.2) is 17.5 Å². The summed E-state index contributed by atoms with van der Waals surface area (Å²) >= 11 is 2.99. The summed E-state index contributed by atoms with van der Waals surface area (Å²) in [4.78, 5) is 9.82. The van der Waals surface area contributed by atoms with Gasteiger partial charge in [-0.1, -0.05) is 0 Å². The number of nitrogen functional groups attached to an aromatic ring is 1. The number of sulfonamides is 1. The summed E-state index contributed by atoms with van der Waals surface area (Å²) in [7, 11) is -4.05. The normalized spacial score (nSPS) is 11.5. The Hall–Kier alpha value is -1.23. The molecule has 0 radical (unpaired) electrons. The van der Waals surface area contributed by atoms with Gasteiger partial charge in [-0.3, -0.25) is 4.79 Å². The Morgan fingerprint density at radius 1 is 1.45 bits per heavy atom. The minimum atomic E-state index is -4.05. The maximum atomic E-state index is 13.6. The van der Waals surface area contributed by atoms with Crippen molar-refractivity contribution in [2.24, 2.45) is 5.73 Å². The number of carbonyl (C=O) groups is 1. The number of ether oxygens (including phenoxy) is 1. The van der Waals surface area contributed by atoms with Crippen LogP contribution in [0.25, 0.3) is 0 Å². The lowest BCUT2D eigenvalue weighted by molar-refractivity contribution is -0.122. The highest BCUT2D eigenvalue weighted by Gasteiger charge is 2.20. The van der Waals surface area contributed by atoms with E-state index in [-0.39, 0.29) is 29.9 Å². The van der Waals surface area contributed by atoms with E-state index in [1.54, 1.807) is 0 Å². The zero-order valence-electron chi connectivity index (χ0n) is 10.2. The fourth-order valence-corrected chi connectivity index (χ4v) is 2.67. The number of benzene rings is 1. The van der Waals surface area contributed by atoms with Gasteiger partial charge < -0.3 is 16.2 Å². The lowest BCUT2D eigenvalue weighted by Crippen LogP contribution is -2.29. The van der Waals surface area contributed by atoms with E-state index in [1.165, 1.54) is 0 Å². The number of amides is 1. The zero-order chi connectivity index (χ0) is 15.3. The molecule has 0 spiro atoms. The van der Waals surface area contributed by atoms with Crippen LogP contribution in [0.15, 0.2) is 21.5 Å². The molecule has 0 bridgehead atoms. The second kappa shape index (κ2) is 6.97.